The monoisotopic (exact) mass is 350 g/mol. The fraction of sp³-hybridized carbons (Fsp3) is 1.00. The fourth-order valence-corrected chi connectivity index (χ4v) is 4.14. The lowest BCUT2D eigenvalue weighted by molar-refractivity contribution is 0.0203. The average molecular weight is 351 g/mol. The molecule has 0 aromatic rings. The Kier molecular flexibility index (Phi) is 15.5. The largest absolute Gasteiger partial charge is 0.500 e. The molecule has 7 heteroatoms. The molecule has 23 heavy (non-hydrogen) atoms. The topological polar surface area (TPSA) is 75.0 Å². The van der Waals surface area contributed by atoms with Crippen molar-refractivity contribution >= 4 is 8.80 Å². The Morgan fingerprint density at radius 3 is 2.13 bits per heavy atom. The van der Waals surface area contributed by atoms with Gasteiger partial charge in [-0.2, -0.15) is 0 Å². The third-order valence-corrected chi connectivity index (χ3v) is 6.70. The van der Waals surface area contributed by atoms with Crippen molar-refractivity contribution in [2.75, 3.05) is 41.0 Å². The summed E-state index contributed by atoms with van der Waals surface area (Å²) in [5.41, 5.74) is 5.50. The zero-order valence-electron chi connectivity index (χ0n) is 15.6. The Morgan fingerprint density at radius 1 is 0.957 bits per heavy atom. The summed E-state index contributed by atoms with van der Waals surface area (Å²) in [5, 5.41) is 3.44. The summed E-state index contributed by atoms with van der Waals surface area (Å²) in [6.45, 7) is 4.68. The minimum Gasteiger partial charge on any atom is -0.377 e. The molecule has 0 aliphatic rings. The van der Waals surface area contributed by atoms with Crippen molar-refractivity contribution in [1.82, 2.24) is 5.32 Å². The number of rotatable bonds is 17. The molecule has 0 bridgehead atoms. The van der Waals surface area contributed by atoms with Gasteiger partial charge in [0.2, 0.25) is 0 Å². The van der Waals surface area contributed by atoms with Crippen LogP contribution >= 0.6 is 0 Å². The van der Waals surface area contributed by atoms with Crippen LogP contribution in [0.1, 0.15) is 51.9 Å². The van der Waals surface area contributed by atoms with Crippen LogP contribution in [0, 0.1) is 0 Å². The Balaban J connectivity index is 4.05. The molecule has 0 aliphatic carbocycles. The van der Waals surface area contributed by atoms with Crippen LogP contribution < -0.4 is 11.1 Å². The van der Waals surface area contributed by atoms with Gasteiger partial charge in [0.1, 0.15) is 6.23 Å². The van der Waals surface area contributed by atoms with Crippen molar-refractivity contribution in [3.63, 3.8) is 0 Å². The van der Waals surface area contributed by atoms with E-state index in [1.54, 1.807) is 21.3 Å². The van der Waals surface area contributed by atoms with Gasteiger partial charge in [0.05, 0.1) is 0 Å². The van der Waals surface area contributed by atoms with Gasteiger partial charge in [0.25, 0.3) is 0 Å². The van der Waals surface area contributed by atoms with E-state index >= 15 is 0 Å². The first-order valence-corrected chi connectivity index (χ1v) is 10.8. The number of hydrogen-bond acceptors (Lipinski definition) is 6. The van der Waals surface area contributed by atoms with Crippen LogP contribution in [-0.4, -0.2) is 56.1 Å². The van der Waals surface area contributed by atoms with Gasteiger partial charge in [0.15, 0.2) is 0 Å². The van der Waals surface area contributed by atoms with E-state index in [0.717, 1.165) is 51.4 Å². The lowest BCUT2D eigenvalue weighted by atomic mass is 10.1. The average Bonchev–Trinajstić information content (AvgIpc) is 2.59. The van der Waals surface area contributed by atoms with E-state index in [9.17, 15) is 0 Å². The molecule has 0 spiro atoms. The van der Waals surface area contributed by atoms with E-state index in [2.05, 4.69) is 12.2 Å². The summed E-state index contributed by atoms with van der Waals surface area (Å²) >= 11 is 0. The molecule has 0 aromatic carbocycles. The molecule has 0 saturated carbocycles. The minimum absolute atomic E-state index is 0.0336. The van der Waals surface area contributed by atoms with Gasteiger partial charge in [-0.25, -0.2) is 0 Å². The smallest absolute Gasteiger partial charge is 0.377 e. The van der Waals surface area contributed by atoms with Crippen molar-refractivity contribution in [2.24, 2.45) is 5.73 Å². The lowest BCUT2D eigenvalue weighted by Gasteiger charge is -2.27. The second kappa shape index (κ2) is 15.5. The first-order valence-electron chi connectivity index (χ1n) is 8.88. The Bertz CT molecular complexity index is 248. The Morgan fingerprint density at radius 2 is 1.57 bits per heavy atom. The van der Waals surface area contributed by atoms with Crippen LogP contribution in [0.3, 0.4) is 0 Å². The zero-order chi connectivity index (χ0) is 17.4. The van der Waals surface area contributed by atoms with E-state index in [-0.39, 0.29) is 6.23 Å². The second-order valence-corrected chi connectivity index (χ2v) is 8.79. The Labute approximate surface area is 143 Å². The number of hydrogen-bond donors (Lipinski definition) is 2. The molecule has 1 unspecified atom stereocenters. The van der Waals surface area contributed by atoms with Gasteiger partial charge in [-0.1, -0.05) is 26.2 Å². The van der Waals surface area contributed by atoms with E-state index in [4.69, 9.17) is 23.7 Å². The zero-order valence-corrected chi connectivity index (χ0v) is 16.6. The van der Waals surface area contributed by atoms with Gasteiger partial charge in [-0.05, 0) is 38.8 Å². The second-order valence-electron chi connectivity index (χ2n) is 5.70. The number of ether oxygens (including phenoxy) is 1. The first kappa shape index (κ1) is 23.0. The summed E-state index contributed by atoms with van der Waals surface area (Å²) in [6, 6.07) is 0.744. The highest BCUT2D eigenvalue weighted by Crippen LogP contribution is 2.17. The molecule has 0 saturated heterocycles. The summed E-state index contributed by atoms with van der Waals surface area (Å²) < 4.78 is 22.4. The van der Waals surface area contributed by atoms with Crippen LogP contribution in [-0.2, 0) is 18.0 Å². The van der Waals surface area contributed by atoms with Crippen LogP contribution in [0.5, 0.6) is 0 Å². The standard InChI is InChI=1S/C16H38N2O4Si/c1-5-13-18-16(11-15-23(19-2,20-3)21-4)22-14-10-8-6-7-9-12-17/h16,18H,5-15,17H2,1-4H3. The number of nitrogens with one attached hydrogen (secondary N) is 1. The molecular weight excluding hydrogens is 312 g/mol. The SMILES string of the molecule is CCCNC(CC[Si](OC)(OC)OC)OCCCCCCCN. The van der Waals surface area contributed by atoms with E-state index in [1.807, 2.05) is 0 Å². The summed E-state index contributed by atoms with van der Waals surface area (Å²) in [7, 11) is 2.43. The van der Waals surface area contributed by atoms with Gasteiger partial charge in [-0.15, -0.1) is 0 Å². The van der Waals surface area contributed by atoms with Crippen molar-refractivity contribution in [1.29, 1.82) is 0 Å². The highest BCUT2D eigenvalue weighted by atomic mass is 28.4. The predicted octanol–water partition coefficient (Wildman–Crippen LogP) is 2.51. The van der Waals surface area contributed by atoms with Crippen LogP contribution in [0.4, 0.5) is 0 Å². The van der Waals surface area contributed by atoms with Crippen molar-refractivity contribution in [3.05, 3.63) is 0 Å². The van der Waals surface area contributed by atoms with Crippen LogP contribution in [0.15, 0.2) is 0 Å². The molecule has 0 amide bonds. The molecule has 140 valence electrons. The molecule has 1 atom stereocenters. The normalized spacial score (nSPS) is 13.4. The molecular formula is C16H38N2O4Si. The number of nitrogens with two attached hydrogens (primary N) is 1. The Hall–Kier alpha value is -0.0231. The summed E-state index contributed by atoms with van der Waals surface area (Å²) in [5.74, 6) is 0. The maximum Gasteiger partial charge on any atom is 0.500 e. The van der Waals surface area contributed by atoms with Gasteiger partial charge < -0.3 is 23.7 Å². The maximum atomic E-state index is 6.00. The van der Waals surface area contributed by atoms with Crippen molar-refractivity contribution in [3.8, 4) is 0 Å². The highest BCUT2D eigenvalue weighted by molar-refractivity contribution is 6.60. The van der Waals surface area contributed by atoms with Crippen molar-refractivity contribution in [2.45, 2.75) is 64.1 Å². The quantitative estimate of drug-likeness (QED) is 0.238. The third-order valence-electron chi connectivity index (χ3n) is 3.94. The fourth-order valence-electron chi connectivity index (χ4n) is 2.42. The molecule has 0 fully saturated rings. The van der Waals surface area contributed by atoms with Gasteiger partial charge in [-0.3, -0.25) is 5.32 Å². The van der Waals surface area contributed by atoms with Crippen LogP contribution in [0.25, 0.3) is 0 Å². The highest BCUT2D eigenvalue weighted by Gasteiger charge is 2.38. The third kappa shape index (κ3) is 11.2. The minimum atomic E-state index is -2.52. The summed E-state index contributed by atoms with van der Waals surface area (Å²) in [6.07, 6.45) is 7.82. The molecule has 0 heterocycles. The van der Waals surface area contributed by atoms with Crippen LogP contribution in [0.2, 0.25) is 6.04 Å². The molecule has 3 N–H and O–H groups in total. The molecule has 0 aromatic heterocycles. The first-order chi connectivity index (χ1) is 11.2. The molecule has 0 radical (unpaired) electrons. The molecule has 0 rings (SSSR count). The van der Waals surface area contributed by atoms with Gasteiger partial charge >= 0.3 is 8.80 Å². The number of unbranched alkanes of at least 4 members (excludes halogenated alkanes) is 4. The summed E-state index contributed by atoms with van der Waals surface area (Å²) in [4.78, 5) is 0. The predicted molar refractivity (Wildman–Crippen MR) is 96.4 cm³/mol. The maximum absolute atomic E-state index is 6.00. The van der Waals surface area contributed by atoms with Gasteiger partial charge in [0, 0.05) is 34.0 Å². The van der Waals surface area contributed by atoms with E-state index in [1.165, 1.54) is 19.3 Å². The van der Waals surface area contributed by atoms with E-state index in [0.29, 0.717) is 0 Å². The molecule has 0 aliphatic heterocycles. The lowest BCUT2D eigenvalue weighted by Crippen LogP contribution is -2.45. The molecule has 6 nitrogen and oxygen atoms in total. The van der Waals surface area contributed by atoms with E-state index < -0.39 is 8.80 Å². The van der Waals surface area contributed by atoms with Crippen molar-refractivity contribution < 1.29 is 18.0 Å².